The quantitative estimate of drug-likeness (QED) is 0.698. The zero-order valence-electron chi connectivity index (χ0n) is 14.2. The van der Waals surface area contributed by atoms with E-state index in [0.717, 1.165) is 0 Å². The third kappa shape index (κ3) is 5.16. The summed E-state index contributed by atoms with van der Waals surface area (Å²) >= 11 is 0. The van der Waals surface area contributed by atoms with Gasteiger partial charge in [-0.3, -0.25) is 0 Å². The van der Waals surface area contributed by atoms with Crippen LogP contribution >= 0.6 is 0 Å². The third-order valence-electron chi connectivity index (χ3n) is 3.05. The SMILES string of the molecule is CC(C)(C)NS(=O)(=O)c1ccccc1-c1ccc(C(=O)[O-])cc1.[Na+]. The number of hydrogen-bond acceptors (Lipinski definition) is 4. The van der Waals surface area contributed by atoms with Gasteiger partial charge in [-0.05, 0) is 38.0 Å². The van der Waals surface area contributed by atoms with Crippen molar-refractivity contribution >= 4 is 16.0 Å². The van der Waals surface area contributed by atoms with Crippen LogP contribution in [0.15, 0.2) is 53.4 Å². The summed E-state index contributed by atoms with van der Waals surface area (Å²) in [6, 6.07) is 12.5. The molecule has 0 aliphatic heterocycles. The molecule has 0 aliphatic carbocycles. The van der Waals surface area contributed by atoms with Crippen LogP contribution in [0, 0.1) is 0 Å². The minimum atomic E-state index is -3.70. The van der Waals surface area contributed by atoms with Crippen LogP contribution in [-0.4, -0.2) is 19.9 Å². The van der Waals surface area contributed by atoms with Gasteiger partial charge in [0, 0.05) is 11.1 Å². The van der Waals surface area contributed by atoms with Crippen molar-refractivity contribution in [2.75, 3.05) is 0 Å². The van der Waals surface area contributed by atoms with Gasteiger partial charge in [-0.2, -0.15) is 0 Å². The van der Waals surface area contributed by atoms with E-state index in [1.54, 1.807) is 51.1 Å². The molecule has 0 saturated carbocycles. The Bertz CT molecular complexity index is 824. The third-order valence-corrected chi connectivity index (χ3v) is 4.86. The molecule has 0 unspecified atom stereocenters. The molecule has 0 saturated heterocycles. The van der Waals surface area contributed by atoms with Crippen molar-refractivity contribution < 1.29 is 47.9 Å². The molecule has 7 heteroatoms. The number of sulfonamides is 1. The zero-order valence-corrected chi connectivity index (χ0v) is 17.0. The molecule has 2 aromatic carbocycles. The number of carboxylic acid groups (broad SMARTS) is 1. The summed E-state index contributed by atoms with van der Waals surface area (Å²) in [4.78, 5) is 11.0. The number of nitrogens with one attached hydrogen (secondary N) is 1. The fourth-order valence-electron chi connectivity index (χ4n) is 2.18. The minimum Gasteiger partial charge on any atom is -0.545 e. The Balaban J connectivity index is 0.00000288. The van der Waals surface area contributed by atoms with E-state index < -0.39 is 21.5 Å². The second kappa shape index (κ2) is 7.80. The second-order valence-electron chi connectivity index (χ2n) is 6.22. The van der Waals surface area contributed by atoms with E-state index in [9.17, 15) is 18.3 Å². The number of benzene rings is 2. The Morgan fingerprint density at radius 1 is 1.00 bits per heavy atom. The minimum absolute atomic E-state index is 0. The van der Waals surface area contributed by atoms with Gasteiger partial charge in [-0.25, -0.2) is 13.1 Å². The molecule has 1 N–H and O–H groups in total. The summed E-state index contributed by atoms with van der Waals surface area (Å²) in [7, 11) is -3.70. The molecule has 2 aromatic rings. The number of rotatable bonds is 4. The summed E-state index contributed by atoms with van der Waals surface area (Å²) in [5, 5.41) is 10.8. The normalized spacial score (nSPS) is 11.6. The predicted molar refractivity (Wildman–Crippen MR) is 86.3 cm³/mol. The second-order valence-corrected chi connectivity index (χ2v) is 7.87. The molecule has 0 radical (unpaired) electrons. The van der Waals surface area contributed by atoms with Crippen molar-refractivity contribution in [1.82, 2.24) is 4.72 Å². The molecule has 5 nitrogen and oxygen atoms in total. The maximum absolute atomic E-state index is 12.6. The van der Waals surface area contributed by atoms with Crippen molar-refractivity contribution in [2.45, 2.75) is 31.2 Å². The van der Waals surface area contributed by atoms with Crippen molar-refractivity contribution in [3.63, 3.8) is 0 Å². The van der Waals surface area contributed by atoms with Gasteiger partial charge in [0.2, 0.25) is 10.0 Å². The van der Waals surface area contributed by atoms with Gasteiger partial charge in [-0.15, -0.1) is 0 Å². The fraction of sp³-hybridized carbons (Fsp3) is 0.235. The molecule has 0 aliphatic rings. The molecule has 0 bridgehead atoms. The summed E-state index contributed by atoms with van der Waals surface area (Å²) in [6.07, 6.45) is 0. The van der Waals surface area contributed by atoms with E-state index in [1.165, 1.54) is 18.2 Å². The molecule has 24 heavy (non-hydrogen) atoms. The van der Waals surface area contributed by atoms with Crippen molar-refractivity contribution in [3.8, 4) is 11.1 Å². The van der Waals surface area contributed by atoms with E-state index in [2.05, 4.69) is 4.72 Å². The van der Waals surface area contributed by atoms with E-state index in [-0.39, 0.29) is 40.0 Å². The number of carboxylic acids is 1. The average Bonchev–Trinajstić information content (AvgIpc) is 2.45. The van der Waals surface area contributed by atoms with Crippen LogP contribution in [-0.2, 0) is 10.0 Å². The number of carbonyl (C=O) groups excluding carboxylic acids is 1. The summed E-state index contributed by atoms with van der Waals surface area (Å²) in [5.41, 5.74) is 0.561. The summed E-state index contributed by atoms with van der Waals surface area (Å²) in [5.74, 6) is -1.27. The molecule has 0 atom stereocenters. The van der Waals surface area contributed by atoms with Crippen LogP contribution in [0.3, 0.4) is 0 Å². The number of carbonyl (C=O) groups is 1. The van der Waals surface area contributed by atoms with Crippen molar-refractivity contribution in [1.29, 1.82) is 0 Å². The molecule has 0 aromatic heterocycles. The topological polar surface area (TPSA) is 86.3 Å². The zero-order chi connectivity index (χ0) is 17.3. The molecule has 0 amide bonds. The Morgan fingerprint density at radius 3 is 2.04 bits per heavy atom. The van der Waals surface area contributed by atoms with Gasteiger partial charge < -0.3 is 9.90 Å². The number of aromatic carboxylic acids is 1. The molecule has 2 rings (SSSR count). The molecule has 0 fully saturated rings. The predicted octanol–water partition coefficient (Wildman–Crippen LogP) is -1.20. The van der Waals surface area contributed by atoms with Gasteiger partial charge in [0.15, 0.2) is 0 Å². The summed E-state index contributed by atoms with van der Waals surface area (Å²) < 4.78 is 27.8. The first kappa shape index (κ1) is 20.9. The van der Waals surface area contributed by atoms with Crippen LogP contribution < -0.4 is 39.4 Å². The van der Waals surface area contributed by atoms with Crippen LogP contribution in [0.25, 0.3) is 11.1 Å². The van der Waals surface area contributed by atoms with Gasteiger partial charge in [0.1, 0.15) is 0 Å². The van der Waals surface area contributed by atoms with Gasteiger partial charge in [0.05, 0.1) is 10.9 Å². The molecular formula is C17H18NNaO4S. The van der Waals surface area contributed by atoms with Crippen LogP contribution in [0.5, 0.6) is 0 Å². The molecular weight excluding hydrogens is 337 g/mol. The first-order valence-corrected chi connectivity index (χ1v) is 8.53. The first-order valence-electron chi connectivity index (χ1n) is 7.05. The smallest absolute Gasteiger partial charge is 0.545 e. The van der Waals surface area contributed by atoms with E-state index in [1.807, 2.05) is 0 Å². The first-order chi connectivity index (χ1) is 10.6. The van der Waals surface area contributed by atoms with Crippen LogP contribution in [0.1, 0.15) is 31.1 Å². The molecule has 0 heterocycles. The average molecular weight is 355 g/mol. The summed E-state index contributed by atoms with van der Waals surface area (Å²) in [6.45, 7) is 5.30. The standard InChI is InChI=1S/C17H19NO4S.Na/c1-17(2,3)18-23(21,22)15-7-5-4-6-14(15)12-8-10-13(11-9-12)16(19)20;/h4-11,18H,1-3H3,(H,19,20);/q;+1/p-1. The maximum atomic E-state index is 12.6. The van der Waals surface area contributed by atoms with Crippen molar-refractivity contribution in [3.05, 3.63) is 54.1 Å². The van der Waals surface area contributed by atoms with Crippen LogP contribution in [0.2, 0.25) is 0 Å². The monoisotopic (exact) mass is 355 g/mol. The van der Waals surface area contributed by atoms with Crippen LogP contribution in [0.4, 0.5) is 0 Å². The van der Waals surface area contributed by atoms with Crippen molar-refractivity contribution in [2.24, 2.45) is 0 Å². The Labute approximate surface area is 164 Å². The molecule has 122 valence electrons. The van der Waals surface area contributed by atoms with Gasteiger partial charge >= 0.3 is 29.6 Å². The van der Waals surface area contributed by atoms with E-state index in [0.29, 0.717) is 11.1 Å². The number of hydrogen-bond donors (Lipinski definition) is 1. The Kier molecular flexibility index (Phi) is 6.78. The Morgan fingerprint density at radius 2 is 1.54 bits per heavy atom. The van der Waals surface area contributed by atoms with Gasteiger partial charge in [-0.1, -0.05) is 42.5 Å². The maximum Gasteiger partial charge on any atom is 1.00 e. The largest absolute Gasteiger partial charge is 1.00 e. The van der Waals surface area contributed by atoms with E-state index >= 15 is 0 Å². The van der Waals surface area contributed by atoms with E-state index in [4.69, 9.17) is 0 Å². The fourth-order valence-corrected chi connectivity index (χ4v) is 3.83. The van der Waals surface area contributed by atoms with Gasteiger partial charge in [0.25, 0.3) is 0 Å². The molecule has 0 spiro atoms. The Hall–Kier alpha value is -1.18.